The van der Waals surface area contributed by atoms with E-state index in [2.05, 4.69) is 19.2 Å². The number of ether oxygens (including phenoxy) is 1. The number of nitrogens with one attached hydrogen (secondary N) is 1. The monoisotopic (exact) mass is 268 g/mol. The first kappa shape index (κ1) is 14.8. The zero-order valence-electron chi connectivity index (χ0n) is 12.3. The van der Waals surface area contributed by atoms with E-state index < -0.39 is 0 Å². The minimum atomic E-state index is 0.00666. The SMILES string of the molecule is CC1CCCC(C(=O)NCC2(C)CCOCC2)C1N. The predicted molar refractivity (Wildman–Crippen MR) is 75.7 cm³/mol. The summed E-state index contributed by atoms with van der Waals surface area (Å²) in [5.41, 5.74) is 6.38. The van der Waals surface area contributed by atoms with Crippen LogP contribution in [-0.4, -0.2) is 31.7 Å². The molecule has 1 amide bonds. The minimum absolute atomic E-state index is 0.00666. The maximum Gasteiger partial charge on any atom is 0.224 e. The van der Waals surface area contributed by atoms with Gasteiger partial charge in [-0.2, -0.15) is 0 Å². The summed E-state index contributed by atoms with van der Waals surface area (Å²) in [7, 11) is 0. The Balaban J connectivity index is 1.83. The molecule has 0 radical (unpaired) electrons. The van der Waals surface area contributed by atoms with E-state index in [1.54, 1.807) is 0 Å². The van der Waals surface area contributed by atoms with Gasteiger partial charge in [0, 0.05) is 25.8 Å². The van der Waals surface area contributed by atoms with E-state index in [-0.39, 0.29) is 23.3 Å². The largest absolute Gasteiger partial charge is 0.381 e. The van der Waals surface area contributed by atoms with Gasteiger partial charge in [-0.3, -0.25) is 4.79 Å². The van der Waals surface area contributed by atoms with Crippen molar-refractivity contribution in [3.63, 3.8) is 0 Å². The molecule has 1 aliphatic heterocycles. The van der Waals surface area contributed by atoms with Crippen LogP contribution in [0, 0.1) is 17.3 Å². The Morgan fingerprint density at radius 3 is 2.74 bits per heavy atom. The first-order valence-electron chi connectivity index (χ1n) is 7.63. The molecule has 19 heavy (non-hydrogen) atoms. The number of hydrogen-bond acceptors (Lipinski definition) is 3. The third kappa shape index (κ3) is 3.69. The van der Waals surface area contributed by atoms with Gasteiger partial charge in [0.15, 0.2) is 0 Å². The zero-order valence-corrected chi connectivity index (χ0v) is 12.3. The lowest BCUT2D eigenvalue weighted by Crippen LogP contribution is -2.49. The number of carbonyl (C=O) groups excluding carboxylic acids is 1. The summed E-state index contributed by atoms with van der Waals surface area (Å²) < 4.78 is 5.39. The lowest BCUT2D eigenvalue weighted by molar-refractivity contribution is -0.127. The van der Waals surface area contributed by atoms with Crippen molar-refractivity contribution in [3.8, 4) is 0 Å². The van der Waals surface area contributed by atoms with Gasteiger partial charge in [-0.15, -0.1) is 0 Å². The van der Waals surface area contributed by atoms with Crippen LogP contribution in [0.3, 0.4) is 0 Å². The minimum Gasteiger partial charge on any atom is -0.381 e. The third-order valence-electron chi connectivity index (χ3n) is 5.02. The van der Waals surface area contributed by atoms with Gasteiger partial charge in [0.25, 0.3) is 0 Å². The number of amides is 1. The molecule has 3 atom stereocenters. The average Bonchev–Trinajstić information content (AvgIpc) is 2.40. The Hall–Kier alpha value is -0.610. The molecular formula is C15H28N2O2. The topological polar surface area (TPSA) is 64.3 Å². The molecule has 4 heteroatoms. The van der Waals surface area contributed by atoms with Crippen LogP contribution in [0.25, 0.3) is 0 Å². The van der Waals surface area contributed by atoms with E-state index in [1.165, 1.54) is 0 Å². The lowest BCUT2D eigenvalue weighted by Gasteiger charge is -2.36. The average molecular weight is 268 g/mol. The van der Waals surface area contributed by atoms with Crippen LogP contribution >= 0.6 is 0 Å². The summed E-state index contributed by atoms with van der Waals surface area (Å²) in [6.45, 7) is 6.77. The zero-order chi connectivity index (χ0) is 13.9. The van der Waals surface area contributed by atoms with Crippen LogP contribution in [0.15, 0.2) is 0 Å². The Kier molecular flexibility index (Phi) is 4.85. The van der Waals surface area contributed by atoms with Crippen LogP contribution in [0.5, 0.6) is 0 Å². The molecule has 1 saturated heterocycles. The highest BCUT2D eigenvalue weighted by atomic mass is 16.5. The molecule has 0 spiro atoms. The van der Waals surface area contributed by atoms with Crippen molar-refractivity contribution in [2.75, 3.05) is 19.8 Å². The highest BCUT2D eigenvalue weighted by Gasteiger charge is 2.34. The summed E-state index contributed by atoms with van der Waals surface area (Å²) in [5, 5.41) is 3.14. The van der Waals surface area contributed by atoms with E-state index in [0.717, 1.165) is 51.9 Å². The summed E-state index contributed by atoms with van der Waals surface area (Å²) in [6, 6.07) is 0.0243. The van der Waals surface area contributed by atoms with Crippen LogP contribution in [0.2, 0.25) is 0 Å². The van der Waals surface area contributed by atoms with Crippen LogP contribution in [-0.2, 0) is 9.53 Å². The summed E-state index contributed by atoms with van der Waals surface area (Å²) in [4.78, 5) is 12.3. The van der Waals surface area contributed by atoms with E-state index >= 15 is 0 Å². The molecule has 0 bridgehead atoms. The van der Waals surface area contributed by atoms with E-state index in [0.29, 0.717) is 5.92 Å². The van der Waals surface area contributed by atoms with Crippen molar-refractivity contribution < 1.29 is 9.53 Å². The second-order valence-electron chi connectivity index (χ2n) is 6.73. The summed E-state index contributed by atoms with van der Waals surface area (Å²) in [6.07, 6.45) is 5.27. The quantitative estimate of drug-likeness (QED) is 0.818. The van der Waals surface area contributed by atoms with Gasteiger partial charge in [0.2, 0.25) is 5.91 Å². The van der Waals surface area contributed by atoms with Gasteiger partial charge in [-0.25, -0.2) is 0 Å². The molecule has 2 fully saturated rings. The van der Waals surface area contributed by atoms with Crippen molar-refractivity contribution in [2.24, 2.45) is 23.0 Å². The van der Waals surface area contributed by atoms with Gasteiger partial charge >= 0.3 is 0 Å². The third-order valence-corrected chi connectivity index (χ3v) is 5.02. The molecule has 2 aliphatic rings. The molecular weight excluding hydrogens is 240 g/mol. The molecule has 0 aromatic heterocycles. The van der Waals surface area contributed by atoms with Gasteiger partial charge in [-0.05, 0) is 37.0 Å². The van der Waals surface area contributed by atoms with Gasteiger partial charge in [0.1, 0.15) is 0 Å². The van der Waals surface area contributed by atoms with E-state index in [4.69, 9.17) is 10.5 Å². The fraction of sp³-hybridized carbons (Fsp3) is 0.933. The fourth-order valence-electron chi connectivity index (χ4n) is 3.22. The van der Waals surface area contributed by atoms with Crippen molar-refractivity contribution in [1.29, 1.82) is 0 Å². The first-order valence-corrected chi connectivity index (χ1v) is 7.63. The van der Waals surface area contributed by atoms with Crippen molar-refractivity contribution in [2.45, 2.75) is 52.0 Å². The van der Waals surface area contributed by atoms with Gasteiger partial charge in [-0.1, -0.05) is 20.3 Å². The second kappa shape index (κ2) is 6.23. The maximum atomic E-state index is 12.3. The number of hydrogen-bond donors (Lipinski definition) is 2. The molecule has 1 heterocycles. The number of nitrogens with two attached hydrogens (primary N) is 1. The van der Waals surface area contributed by atoms with Crippen LogP contribution in [0.4, 0.5) is 0 Å². The van der Waals surface area contributed by atoms with Crippen LogP contribution < -0.4 is 11.1 Å². The van der Waals surface area contributed by atoms with Gasteiger partial charge in [0.05, 0.1) is 5.92 Å². The molecule has 1 aliphatic carbocycles. The predicted octanol–water partition coefficient (Wildman–Crippen LogP) is 1.68. The number of rotatable bonds is 3. The van der Waals surface area contributed by atoms with Crippen LogP contribution in [0.1, 0.15) is 46.0 Å². The number of carbonyl (C=O) groups is 1. The highest BCUT2D eigenvalue weighted by Crippen LogP contribution is 2.30. The molecule has 0 aromatic carbocycles. The van der Waals surface area contributed by atoms with Gasteiger partial charge < -0.3 is 15.8 Å². The normalized spacial score (nSPS) is 34.8. The first-order chi connectivity index (χ1) is 9.02. The van der Waals surface area contributed by atoms with E-state index in [1.807, 2.05) is 0 Å². The smallest absolute Gasteiger partial charge is 0.224 e. The van der Waals surface area contributed by atoms with Crippen molar-refractivity contribution in [3.05, 3.63) is 0 Å². The summed E-state index contributed by atoms with van der Waals surface area (Å²) >= 11 is 0. The molecule has 3 N–H and O–H groups in total. The highest BCUT2D eigenvalue weighted by molar-refractivity contribution is 5.79. The molecule has 1 saturated carbocycles. The standard InChI is InChI=1S/C15H28N2O2/c1-11-4-3-5-12(13(11)16)14(18)17-10-15(2)6-8-19-9-7-15/h11-13H,3-10,16H2,1-2H3,(H,17,18). The lowest BCUT2D eigenvalue weighted by atomic mass is 9.77. The fourth-order valence-corrected chi connectivity index (χ4v) is 3.22. The molecule has 4 nitrogen and oxygen atoms in total. The molecule has 110 valence electrons. The Labute approximate surface area is 116 Å². The molecule has 3 unspecified atom stereocenters. The molecule has 0 aromatic rings. The van der Waals surface area contributed by atoms with Crippen molar-refractivity contribution in [1.82, 2.24) is 5.32 Å². The second-order valence-corrected chi connectivity index (χ2v) is 6.73. The Bertz CT molecular complexity index is 313. The Morgan fingerprint density at radius 2 is 2.05 bits per heavy atom. The molecule has 2 rings (SSSR count). The summed E-state index contributed by atoms with van der Waals surface area (Å²) in [5.74, 6) is 0.627. The van der Waals surface area contributed by atoms with Crippen molar-refractivity contribution >= 4 is 5.91 Å². The van der Waals surface area contributed by atoms with E-state index in [9.17, 15) is 4.79 Å². The Morgan fingerprint density at radius 1 is 1.37 bits per heavy atom. The maximum absolute atomic E-state index is 12.3.